The van der Waals surface area contributed by atoms with Crippen LogP contribution in [-0.4, -0.2) is 16.9 Å². The molecule has 1 heterocycles. The zero-order chi connectivity index (χ0) is 61.0. The molecule has 0 spiro atoms. The second kappa shape index (κ2) is 21.7. The van der Waals surface area contributed by atoms with Crippen molar-refractivity contribution in [2.75, 3.05) is 0 Å². The fourth-order valence-corrected chi connectivity index (χ4v) is 9.14. The normalized spacial score (nSPS) is 13.2. The van der Waals surface area contributed by atoms with Crippen molar-refractivity contribution in [3.8, 4) is 11.3 Å². The van der Waals surface area contributed by atoms with E-state index in [0.29, 0.717) is 0 Å². The van der Waals surface area contributed by atoms with Crippen LogP contribution in [0, 0.1) is 0 Å². The molecule has 0 fully saturated rings. The lowest BCUT2D eigenvalue weighted by atomic mass is 9.12. The van der Waals surface area contributed by atoms with Gasteiger partial charge in [0.25, 0.3) is 0 Å². The minimum absolute atomic E-state index is 0.0817. The summed E-state index contributed by atoms with van der Waals surface area (Å²) in [7, 11) is 0. The quantitative estimate of drug-likeness (QED) is 0.0658. The molecule has 0 saturated heterocycles. The molecule has 0 atom stereocenters. The fourth-order valence-electron chi connectivity index (χ4n) is 9.14. The van der Waals surface area contributed by atoms with Gasteiger partial charge >= 0.3 is 49.4 Å². The average Bonchev–Trinajstić information content (AvgIpc) is 3.08. The minimum atomic E-state index is -6.13. The zero-order valence-corrected chi connectivity index (χ0v) is 40.2. The van der Waals surface area contributed by atoms with Crippen LogP contribution in [0.3, 0.4) is 0 Å². The first-order valence-corrected chi connectivity index (χ1v) is 22.8. The maximum atomic E-state index is 14.2. The number of carbonyl (C=O) groups is 1. The van der Waals surface area contributed by atoms with Gasteiger partial charge in [0.2, 0.25) is 18.0 Å². The number of nitrogens with zero attached hydrogens (tertiary/aromatic N) is 2. The maximum absolute atomic E-state index is 14.2. The number of aromatic nitrogens is 2. The van der Waals surface area contributed by atoms with E-state index in [1.54, 1.807) is 6.20 Å². The summed E-state index contributed by atoms with van der Waals surface area (Å²) in [4.78, 5) is 16.9. The molecule has 0 N–H and O–H groups in total. The van der Waals surface area contributed by atoms with Crippen molar-refractivity contribution in [1.29, 1.82) is 0 Å². The Labute approximate surface area is 445 Å². The van der Waals surface area contributed by atoms with Crippen LogP contribution >= 0.6 is 0 Å². The lowest BCUT2D eigenvalue weighted by molar-refractivity contribution is -0.672. The largest absolute Gasteiger partial charge is 0.416 e. The van der Waals surface area contributed by atoms with Crippen LogP contribution in [0.1, 0.15) is 54.9 Å². The van der Waals surface area contributed by atoms with Crippen LogP contribution in [0.25, 0.3) is 22.0 Å². The SMILES string of the molecule is FC(F)(F)c1cc([B-](c2cc(C(F)(F)F)cc(C(F)(F)F)c2)(c2cc(C(F)(F)F)cc(C(F)(F)F)c2)c2cc(C(F)(F)F)cc(C(F)(F)F)c2)cc(C(F)(F)F)c1.O=C(C[n+]1ccncc1-c1cccc2ccccc12)c1ccccc1. The second-order valence-corrected chi connectivity index (χ2v) is 18.1. The number of hydrogen-bond donors (Lipinski definition) is 0. The van der Waals surface area contributed by atoms with Gasteiger partial charge in [-0.15, -0.1) is 0 Å². The highest BCUT2D eigenvalue weighted by atomic mass is 19.4. The lowest BCUT2D eigenvalue weighted by Crippen LogP contribution is -2.75. The first kappa shape index (κ1) is 61.6. The molecular formula is C54H29BF24N2O. The molecule has 0 aliphatic carbocycles. The molecule has 8 rings (SSSR count). The molecule has 28 heteroatoms. The average molecular weight is 1190 g/mol. The topological polar surface area (TPSA) is 33.8 Å². The number of carbonyl (C=O) groups excluding carboxylic acids is 1. The van der Waals surface area contributed by atoms with E-state index < -0.39 is 195 Å². The molecule has 82 heavy (non-hydrogen) atoms. The van der Waals surface area contributed by atoms with Gasteiger partial charge in [-0.3, -0.25) is 9.78 Å². The molecule has 0 saturated carbocycles. The standard InChI is InChI=1S/C32H12BF24.C22H17N2O/c34-25(35,36)13-1-14(26(37,38)39)6-21(5-13)33(22-7-15(27(40,41)42)2-16(8-22)28(43,44)45,23-9-17(29(46,47)48)3-18(10-23)30(49,50)51)24-11-19(31(52,53)54)4-20(12-24)32(55,56)57;25-22(18-8-2-1-3-9-18)16-24-14-13-23-15-21(24)20-12-6-10-17-7-4-5-11-19(17)20/h1-12H;1-15H,16H2/q-1;+1. The highest BCUT2D eigenvalue weighted by Crippen LogP contribution is 2.42. The zero-order valence-electron chi connectivity index (χ0n) is 40.2. The van der Waals surface area contributed by atoms with Crippen LogP contribution in [0.2, 0.25) is 0 Å². The summed E-state index contributed by atoms with van der Waals surface area (Å²) in [5, 5.41) is 2.32. The number of Topliss-reactive ketones (excluding diaryl/α,β-unsaturated/α-hetero) is 1. The van der Waals surface area contributed by atoms with Gasteiger partial charge in [-0.1, -0.05) is 115 Å². The molecular weight excluding hydrogens is 1160 g/mol. The van der Waals surface area contributed by atoms with Gasteiger partial charge in [0.1, 0.15) is 6.15 Å². The number of ketones is 1. The first-order chi connectivity index (χ1) is 37.6. The van der Waals surface area contributed by atoms with Gasteiger partial charge in [0.15, 0.2) is 6.20 Å². The summed E-state index contributed by atoms with van der Waals surface area (Å²) in [6, 6.07) is 15.0. The number of hydrogen-bond acceptors (Lipinski definition) is 2. The molecule has 8 aromatic rings. The summed E-state index contributed by atoms with van der Waals surface area (Å²) < 4.78 is 343. The Morgan fingerprint density at radius 1 is 0.378 bits per heavy atom. The van der Waals surface area contributed by atoms with Crippen LogP contribution in [0.5, 0.6) is 0 Å². The van der Waals surface area contributed by atoms with Crippen molar-refractivity contribution in [3.63, 3.8) is 0 Å². The third-order valence-corrected chi connectivity index (χ3v) is 12.8. The predicted octanol–water partition coefficient (Wildman–Crippen LogP) is 15.3. The smallest absolute Gasteiger partial charge is 0.287 e. The molecule has 432 valence electrons. The van der Waals surface area contributed by atoms with Crippen molar-refractivity contribution >= 4 is 44.6 Å². The number of rotatable bonds is 8. The molecule has 0 unspecified atom stereocenters. The van der Waals surface area contributed by atoms with Crippen molar-refractivity contribution in [2.24, 2.45) is 0 Å². The van der Waals surface area contributed by atoms with Crippen LogP contribution < -0.4 is 26.4 Å². The Kier molecular flexibility index (Phi) is 16.3. The third-order valence-electron chi connectivity index (χ3n) is 12.8. The van der Waals surface area contributed by atoms with Crippen molar-refractivity contribution in [1.82, 2.24) is 4.98 Å². The first-order valence-electron chi connectivity index (χ1n) is 22.8. The molecule has 1 aromatic heterocycles. The summed E-state index contributed by atoms with van der Waals surface area (Å²) in [6.45, 7) is 0.283. The molecule has 0 radical (unpaired) electrons. The molecule has 0 aliphatic heterocycles. The number of fused-ring (bicyclic) bond motifs is 1. The van der Waals surface area contributed by atoms with Gasteiger partial charge < -0.3 is 0 Å². The minimum Gasteiger partial charge on any atom is -0.287 e. The molecule has 0 amide bonds. The maximum Gasteiger partial charge on any atom is 0.416 e. The van der Waals surface area contributed by atoms with Gasteiger partial charge in [0.05, 0.1) is 62.5 Å². The van der Waals surface area contributed by atoms with E-state index in [0.717, 1.165) is 22.2 Å². The van der Waals surface area contributed by atoms with E-state index in [1.807, 2.05) is 65.5 Å². The third kappa shape index (κ3) is 13.5. The van der Waals surface area contributed by atoms with Gasteiger partial charge in [-0.25, -0.2) is 0 Å². The van der Waals surface area contributed by atoms with Crippen LogP contribution in [-0.2, 0) is 56.0 Å². The lowest BCUT2D eigenvalue weighted by Gasteiger charge is -2.46. The summed E-state index contributed by atoms with van der Waals surface area (Å²) in [5.74, 6) is 0.0817. The van der Waals surface area contributed by atoms with Gasteiger partial charge in [0, 0.05) is 5.56 Å². The second-order valence-electron chi connectivity index (χ2n) is 18.1. The summed E-state index contributed by atoms with van der Waals surface area (Å²) in [5.41, 5.74) is -27.5. The van der Waals surface area contributed by atoms with Gasteiger partial charge in [-0.05, 0) is 41.1 Å². The Hall–Kier alpha value is -8.07. The van der Waals surface area contributed by atoms with Crippen molar-refractivity contribution < 1.29 is 115 Å². The molecule has 3 nitrogen and oxygen atoms in total. The van der Waals surface area contributed by atoms with E-state index in [9.17, 15) is 110 Å². The Bertz CT molecular complexity index is 3200. The fraction of sp³-hybridized carbons (Fsp3) is 0.167. The van der Waals surface area contributed by atoms with Gasteiger partial charge in [-0.2, -0.15) is 132 Å². The monoisotopic (exact) mass is 1190 g/mol. The Balaban J connectivity index is 0.000000318. The van der Waals surface area contributed by atoms with E-state index >= 15 is 0 Å². The number of alkyl halides is 24. The molecule has 0 aliphatic rings. The highest BCUT2D eigenvalue weighted by molar-refractivity contribution is 7.20. The van der Waals surface area contributed by atoms with E-state index in [-0.39, 0.29) is 12.3 Å². The van der Waals surface area contributed by atoms with E-state index in [4.69, 9.17) is 0 Å². The molecule has 0 bridgehead atoms. The summed E-state index contributed by atoms with van der Waals surface area (Å²) in [6.07, 6.45) is -49.4. The van der Waals surface area contributed by atoms with E-state index in [2.05, 4.69) is 29.2 Å². The highest BCUT2D eigenvalue weighted by Gasteiger charge is 2.47. The molecule has 7 aromatic carbocycles. The van der Waals surface area contributed by atoms with Crippen molar-refractivity contribution in [3.05, 3.63) is 214 Å². The Morgan fingerprint density at radius 2 is 0.683 bits per heavy atom. The van der Waals surface area contributed by atoms with Crippen molar-refractivity contribution in [2.45, 2.75) is 56.0 Å². The Morgan fingerprint density at radius 3 is 1.01 bits per heavy atom. The summed E-state index contributed by atoms with van der Waals surface area (Å²) >= 11 is 0. The van der Waals surface area contributed by atoms with E-state index in [1.165, 1.54) is 5.39 Å². The number of benzene rings is 7. The van der Waals surface area contributed by atoms with Crippen LogP contribution in [0.15, 0.2) is 164 Å². The predicted molar refractivity (Wildman–Crippen MR) is 248 cm³/mol. The van der Waals surface area contributed by atoms with Crippen LogP contribution in [0.4, 0.5) is 105 Å². The number of halogens is 24.